The van der Waals surface area contributed by atoms with Crippen molar-refractivity contribution >= 4 is 40.0 Å². The number of aromatic nitrogens is 2. The van der Waals surface area contributed by atoms with Gasteiger partial charge in [0, 0.05) is 11.6 Å². The molecule has 6 nitrogen and oxygen atoms in total. The van der Waals surface area contributed by atoms with Gasteiger partial charge in [0.25, 0.3) is 5.56 Å². The molecule has 0 bridgehead atoms. The molecule has 1 atom stereocenters. The summed E-state index contributed by atoms with van der Waals surface area (Å²) in [6.45, 7) is 4.44. The van der Waals surface area contributed by atoms with Crippen LogP contribution in [0.1, 0.15) is 38.6 Å². The third-order valence-electron chi connectivity index (χ3n) is 5.22. The topological polar surface area (TPSA) is 64.4 Å². The number of carbonyl (C=O) groups is 1. The smallest absolute Gasteiger partial charge is 0.266 e. The fraction of sp³-hybridized carbons (Fsp3) is 0.348. The lowest BCUT2D eigenvalue weighted by atomic mass is 10.1. The van der Waals surface area contributed by atoms with Crippen LogP contribution in [0, 0.1) is 0 Å². The van der Waals surface area contributed by atoms with E-state index in [1.807, 2.05) is 6.92 Å². The molecule has 2 aromatic carbocycles. The number of hydrogen-bond donors (Lipinski definition) is 0. The molecule has 8 heteroatoms. The Morgan fingerprint density at radius 2 is 1.94 bits per heavy atom. The van der Waals surface area contributed by atoms with Crippen molar-refractivity contribution in [3.05, 3.63) is 63.7 Å². The first-order valence-corrected chi connectivity index (χ1v) is 11.0. The van der Waals surface area contributed by atoms with Gasteiger partial charge in [0.1, 0.15) is 17.5 Å². The maximum Gasteiger partial charge on any atom is 0.266 e. The summed E-state index contributed by atoms with van der Waals surface area (Å²) in [5.74, 6) is 0.776. The monoisotopic (exact) mass is 461 g/mol. The number of rotatable bonds is 8. The van der Waals surface area contributed by atoms with Crippen molar-refractivity contribution in [3.63, 3.8) is 0 Å². The highest BCUT2D eigenvalue weighted by atomic mass is 35.5. The molecule has 3 aromatic rings. The van der Waals surface area contributed by atoms with Gasteiger partial charge in [0.05, 0.1) is 29.7 Å². The maximum absolute atomic E-state index is 13.5. The second kappa shape index (κ2) is 10.2. The van der Waals surface area contributed by atoms with E-state index < -0.39 is 6.04 Å². The minimum Gasteiger partial charge on any atom is -0.497 e. The van der Waals surface area contributed by atoms with Gasteiger partial charge in [0.2, 0.25) is 5.91 Å². The molecule has 0 spiro atoms. The van der Waals surface area contributed by atoms with Gasteiger partial charge in [-0.25, -0.2) is 4.98 Å². The molecule has 1 aromatic heterocycles. The van der Waals surface area contributed by atoms with Gasteiger partial charge in [-0.3, -0.25) is 14.2 Å². The molecule has 1 unspecified atom stereocenters. The zero-order valence-corrected chi connectivity index (χ0v) is 19.3. The fourth-order valence-corrected chi connectivity index (χ4v) is 3.84. The summed E-state index contributed by atoms with van der Waals surface area (Å²) in [6.07, 6.45) is 1.74. The van der Waals surface area contributed by atoms with Crippen molar-refractivity contribution in [3.8, 4) is 11.4 Å². The van der Waals surface area contributed by atoms with Crippen molar-refractivity contribution in [2.24, 2.45) is 0 Å². The van der Waals surface area contributed by atoms with Crippen molar-refractivity contribution in [2.45, 2.75) is 32.7 Å². The molecule has 0 aliphatic heterocycles. The number of fused-ring (bicyclic) bond motifs is 1. The Bertz CT molecular complexity index is 1130. The summed E-state index contributed by atoms with van der Waals surface area (Å²) in [4.78, 5) is 32.6. The molecular weight excluding hydrogens is 437 g/mol. The van der Waals surface area contributed by atoms with Gasteiger partial charge >= 0.3 is 0 Å². The number of carbonyl (C=O) groups excluding carboxylic acids is 1. The van der Waals surface area contributed by atoms with Gasteiger partial charge in [-0.2, -0.15) is 0 Å². The van der Waals surface area contributed by atoms with Crippen LogP contribution in [0.5, 0.6) is 5.75 Å². The largest absolute Gasteiger partial charge is 0.497 e. The van der Waals surface area contributed by atoms with Crippen LogP contribution in [0.2, 0.25) is 5.02 Å². The molecule has 3 rings (SSSR count). The van der Waals surface area contributed by atoms with Gasteiger partial charge in [0.15, 0.2) is 0 Å². The van der Waals surface area contributed by atoms with Crippen LogP contribution in [0.15, 0.2) is 47.3 Å². The summed E-state index contributed by atoms with van der Waals surface area (Å²) in [6, 6.07) is 11.7. The average Bonchev–Trinajstić information content (AvgIpc) is 2.78. The van der Waals surface area contributed by atoms with Gasteiger partial charge in [-0.05, 0) is 55.8 Å². The number of unbranched alkanes of at least 4 members (excludes halogenated alkanes) is 1. The number of methoxy groups -OCH3 is 1. The first-order chi connectivity index (χ1) is 14.9. The summed E-state index contributed by atoms with van der Waals surface area (Å²) in [7, 11) is 1.58. The molecule has 0 aliphatic carbocycles. The standard InChI is InChI=1S/C23H25Cl2N3O3/c1-4-5-12-27(21(29)14-24)15(2)22-26-20-13-16(25)6-11-19(20)23(30)28(22)17-7-9-18(31-3)10-8-17/h6-11,13,15H,4-5,12,14H2,1-3H3. The second-order valence-electron chi connectivity index (χ2n) is 7.22. The molecule has 164 valence electrons. The Kier molecular flexibility index (Phi) is 7.57. The van der Waals surface area contributed by atoms with Crippen molar-refractivity contribution in [1.29, 1.82) is 0 Å². The molecule has 31 heavy (non-hydrogen) atoms. The Morgan fingerprint density at radius 1 is 1.23 bits per heavy atom. The quantitative estimate of drug-likeness (QED) is 0.443. The predicted octanol–water partition coefficient (Wildman–Crippen LogP) is 4.98. The first-order valence-electron chi connectivity index (χ1n) is 10.1. The second-order valence-corrected chi connectivity index (χ2v) is 7.92. The molecular formula is C23H25Cl2N3O3. The van der Waals surface area contributed by atoms with Crippen molar-refractivity contribution < 1.29 is 9.53 Å². The van der Waals surface area contributed by atoms with E-state index >= 15 is 0 Å². The summed E-state index contributed by atoms with van der Waals surface area (Å²) >= 11 is 12.0. The minimum absolute atomic E-state index is 0.139. The number of hydrogen-bond acceptors (Lipinski definition) is 4. The maximum atomic E-state index is 13.5. The van der Waals surface area contributed by atoms with Crippen LogP contribution in [0.25, 0.3) is 16.6 Å². The molecule has 1 amide bonds. The zero-order valence-electron chi connectivity index (χ0n) is 17.8. The number of ether oxygens (including phenoxy) is 1. The molecule has 0 saturated heterocycles. The summed E-state index contributed by atoms with van der Waals surface area (Å²) in [5, 5.41) is 0.930. The van der Waals surface area contributed by atoms with Crippen molar-refractivity contribution in [1.82, 2.24) is 14.5 Å². The van der Waals surface area contributed by atoms with Crippen LogP contribution in [0.3, 0.4) is 0 Å². The SMILES string of the molecule is CCCCN(C(=O)CCl)C(C)c1nc2cc(Cl)ccc2c(=O)n1-c1ccc(OC)cc1. The summed E-state index contributed by atoms with van der Waals surface area (Å²) in [5.41, 5.74) is 0.881. The third-order valence-corrected chi connectivity index (χ3v) is 5.68. The predicted molar refractivity (Wildman–Crippen MR) is 125 cm³/mol. The number of nitrogens with zero attached hydrogens (tertiary/aromatic N) is 3. The zero-order chi connectivity index (χ0) is 22.5. The number of alkyl halides is 1. The molecule has 1 heterocycles. The fourth-order valence-electron chi connectivity index (χ4n) is 3.52. The highest BCUT2D eigenvalue weighted by molar-refractivity contribution is 6.31. The molecule has 0 saturated carbocycles. The van der Waals surface area contributed by atoms with Crippen LogP contribution in [-0.4, -0.2) is 39.9 Å². The number of halogens is 2. The Morgan fingerprint density at radius 3 is 2.55 bits per heavy atom. The van der Waals surface area contributed by atoms with Gasteiger partial charge in [-0.15, -0.1) is 11.6 Å². The highest BCUT2D eigenvalue weighted by Gasteiger charge is 2.26. The van der Waals surface area contributed by atoms with E-state index in [0.29, 0.717) is 39.7 Å². The highest BCUT2D eigenvalue weighted by Crippen LogP contribution is 2.25. The van der Waals surface area contributed by atoms with Crippen LogP contribution in [0.4, 0.5) is 0 Å². The lowest BCUT2D eigenvalue weighted by Gasteiger charge is -2.30. The molecule has 0 radical (unpaired) electrons. The number of amides is 1. The Balaban J connectivity index is 2.25. The molecule has 0 aliphatic rings. The minimum atomic E-state index is -0.476. The van der Waals surface area contributed by atoms with Crippen LogP contribution in [-0.2, 0) is 4.79 Å². The van der Waals surface area contributed by atoms with Gasteiger partial charge in [-0.1, -0.05) is 24.9 Å². The van der Waals surface area contributed by atoms with E-state index in [1.54, 1.807) is 59.0 Å². The average molecular weight is 462 g/mol. The van der Waals surface area contributed by atoms with E-state index in [2.05, 4.69) is 6.92 Å². The lowest BCUT2D eigenvalue weighted by Crippen LogP contribution is -2.38. The van der Waals surface area contributed by atoms with E-state index in [9.17, 15) is 9.59 Å². The lowest BCUT2D eigenvalue weighted by molar-refractivity contribution is -0.130. The van der Waals surface area contributed by atoms with Crippen LogP contribution < -0.4 is 10.3 Å². The van der Waals surface area contributed by atoms with Gasteiger partial charge < -0.3 is 9.64 Å². The van der Waals surface area contributed by atoms with E-state index in [0.717, 1.165) is 12.8 Å². The Labute approximate surface area is 191 Å². The normalized spacial score (nSPS) is 12.0. The van der Waals surface area contributed by atoms with E-state index in [1.165, 1.54) is 0 Å². The van der Waals surface area contributed by atoms with E-state index in [4.69, 9.17) is 32.9 Å². The van der Waals surface area contributed by atoms with Crippen molar-refractivity contribution in [2.75, 3.05) is 19.5 Å². The summed E-state index contributed by atoms with van der Waals surface area (Å²) < 4.78 is 6.78. The third kappa shape index (κ3) is 4.86. The van der Waals surface area contributed by atoms with E-state index in [-0.39, 0.29) is 17.3 Å². The first kappa shape index (κ1) is 23.1. The Hall–Kier alpha value is -2.57. The number of benzene rings is 2. The van der Waals surface area contributed by atoms with Crippen LogP contribution >= 0.6 is 23.2 Å². The molecule has 0 N–H and O–H groups in total. The molecule has 0 fully saturated rings.